The van der Waals surface area contributed by atoms with Crippen LogP contribution in [-0.4, -0.2) is 23.6 Å². The Morgan fingerprint density at radius 1 is 1.18 bits per heavy atom. The fraction of sp³-hybridized carbons (Fsp3) is 0.105. The average Bonchev–Trinajstić information content (AvgIpc) is 3.04. The number of halogens is 3. The minimum Gasteiger partial charge on any atom is -0.452 e. The Kier molecular flexibility index (Phi) is 5.70. The number of hydrogen-bond donors (Lipinski definition) is 1. The van der Waals surface area contributed by atoms with Gasteiger partial charge in [-0.3, -0.25) is 4.79 Å². The van der Waals surface area contributed by atoms with Crippen LogP contribution in [0.4, 0.5) is 14.5 Å². The van der Waals surface area contributed by atoms with Crippen LogP contribution in [0.1, 0.15) is 16.1 Å². The molecule has 1 heterocycles. The lowest BCUT2D eigenvalue weighted by Crippen LogP contribution is -2.21. The van der Waals surface area contributed by atoms with Crippen LogP contribution in [0.2, 0.25) is 5.02 Å². The van der Waals surface area contributed by atoms with Crippen molar-refractivity contribution in [3.05, 3.63) is 70.4 Å². The maximum Gasteiger partial charge on any atom is 0.344 e. The van der Waals surface area contributed by atoms with Crippen molar-refractivity contribution in [3.63, 3.8) is 0 Å². The van der Waals surface area contributed by atoms with Crippen molar-refractivity contribution >= 4 is 29.2 Å². The molecule has 2 aromatic carbocycles. The summed E-state index contributed by atoms with van der Waals surface area (Å²) >= 11 is 6.13. The zero-order chi connectivity index (χ0) is 20.3. The summed E-state index contributed by atoms with van der Waals surface area (Å²) in [5.74, 6) is -3.53. The van der Waals surface area contributed by atoms with Crippen molar-refractivity contribution in [1.82, 2.24) is 5.16 Å². The van der Waals surface area contributed by atoms with E-state index in [1.165, 1.54) is 13.0 Å². The van der Waals surface area contributed by atoms with E-state index in [-0.39, 0.29) is 22.7 Å². The summed E-state index contributed by atoms with van der Waals surface area (Å²) in [6.45, 7) is 0.871. The van der Waals surface area contributed by atoms with Crippen LogP contribution in [0, 0.1) is 18.6 Å². The minimum atomic E-state index is -1.11. The molecule has 3 aromatic rings. The molecule has 0 aliphatic carbocycles. The van der Waals surface area contributed by atoms with Gasteiger partial charge in [0, 0.05) is 17.3 Å². The molecule has 9 heteroatoms. The van der Waals surface area contributed by atoms with Crippen molar-refractivity contribution in [3.8, 4) is 11.3 Å². The molecular weight excluding hydrogens is 394 g/mol. The van der Waals surface area contributed by atoms with Crippen molar-refractivity contribution in [2.75, 3.05) is 11.9 Å². The number of nitrogens with one attached hydrogen (secondary N) is 1. The Labute approximate surface area is 163 Å². The van der Waals surface area contributed by atoms with Gasteiger partial charge in [-0.1, -0.05) is 35.0 Å². The number of aromatic nitrogens is 1. The topological polar surface area (TPSA) is 81.4 Å². The van der Waals surface area contributed by atoms with Gasteiger partial charge in [0.05, 0.1) is 5.02 Å². The third kappa shape index (κ3) is 4.17. The Hall–Kier alpha value is -3.26. The lowest BCUT2D eigenvalue weighted by molar-refractivity contribution is -0.119. The summed E-state index contributed by atoms with van der Waals surface area (Å²) < 4.78 is 36.1. The lowest BCUT2D eigenvalue weighted by Gasteiger charge is -2.08. The highest BCUT2D eigenvalue weighted by Crippen LogP contribution is 2.31. The molecule has 1 amide bonds. The number of aryl methyl sites for hydroxylation is 1. The zero-order valence-electron chi connectivity index (χ0n) is 14.5. The quantitative estimate of drug-likeness (QED) is 0.636. The molecular formula is C19H13ClF2N2O4. The highest BCUT2D eigenvalue weighted by atomic mass is 35.5. The molecule has 144 valence electrons. The predicted octanol–water partition coefficient (Wildman–Crippen LogP) is 4.38. The normalized spacial score (nSPS) is 10.6. The molecule has 0 saturated heterocycles. The van der Waals surface area contributed by atoms with E-state index in [2.05, 4.69) is 10.5 Å². The lowest BCUT2D eigenvalue weighted by atomic mass is 10.1. The van der Waals surface area contributed by atoms with Crippen LogP contribution in [0.15, 0.2) is 47.0 Å². The van der Waals surface area contributed by atoms with Crippen LogP contribution < -0.4 is 5.32 Å². The molecule has 6 nitrogen and oxygen atoms in total. The number of rotatable bonds is 5. The third-order valence-electron chi connectivity index (χ3n) is 3.73. The van der Waals surface area contributed by atoms with Crippen LogP contribution >= 0.6 is 11.6 Å². The molecule has 0 bridgehead atoms. The summed E-state index contributed by atoms with van der Waals surface area (Å²) in [5.41, 5.74) is 0.722. The van der Waals surface area contributed by atoms with Gasteiger partial charge < -0.3 is 14.6 Å². The summed E-state index contributed by atoms with van der Waals surface area (Å²) in [4.78, 5) is 24.3. The first-order valence-electron chi connectivity index (χ1n) is 8.00. The molecule has 3 rings (SSSR count). The van der Waals surface area contributed by atoms with E-state index in [0.29, 0.717) is 10.6 Å². The molecule has 0 unspecified atom stereocenters. The maximum atomic E-state index is 13.2. The predicted molar refractivity (Wildman–Crippen MR) is 97.0 cm³/mol. The van der Waals surface area contributed by atoms with Gasteiger partial charge in [-0.2, -0.15) is 0 Å². The Morgan fingerprint density at radius 2 is 1.93 bits per heavy atom. The second-order valence-electron chi connectivity index (χ2n) is 5.70. The van der Waals surface area contributed by atoms with E-state index in [9.17, 15) is 18.4 Å². The molecule has 0 spiro atoms. The molecule has 0 aliphatic heterocycles. The molecule has 28 heavy (non-hydrogen) atoms. The van der Waals surface area contributed by atoms with E-state index < -0.39 is 30.1 Å². The number of carbonyl (C=O) groups excluding carboxylic acids is 2. The van der Waals surface area contributed by atoms with Gasteiger partial charge in [-0.05, 0) is 25.1 Å². The maximum absolute atomic E-state index is 13.2. The van der Waals surface area contributed by atoms with Crippen LogP contribution in [0.3, 0.4) is 0 Å². The Balaban J connectivity index is 1.70. The van der Waals surface area contributed by atoms with Gasteiger partial charge in [0.1, 0.15) is 17.0 Å². The molecule has 0 radical (unpaired) electrons. The van der Waals surface area contributed by atoms with Crippen molar-refractivity contribution < 1.29 is 27.6 Å². The van der Waals surface area contributed by atoms with Gasteiger partial charge in [-0.25, -0.2) is 13.6 Å². The summed E-state index contributed by atoms with van der Waals surface area (Å²) in [6.07, 6.45) is 0. The molecule has 1 N–H and O–H groups in total. The first kappa shape index (κ1) is 19.5. The van der Waals surface area contributed by atoms with E-state index in [1.54, 1.807) is 24.3 Å². The van der Waals surface area contributed by atoms with Gasteiger partial charge in [-0.15, -0.1) is 0 Å². The van der Waals surface area contributed by atoms with Gasteiger partial charge in [0.15, 0.2) is 18.2 Å². The largest absolute Gasteiger partial charge is 0.452 e. The second-order valence-corrected chi connectivity index (χ2v) is 6.10. The summed E-state index contributed by atoms with van der Waals surface area (Å²) in [5, 5.41) is 6.50. The number of carbonyl (C=O) groups is 2. The van der Waals surface area contributed by atoms with E-state index in [0.717, 1.165) is 12.1 Å². The smallest absolute Gasteiger partial charge is 0.344 e. The van der Waals surface area contributed by atoms with E-state index in [4.69, 9.17) is 20.9 Å². The van der Waals surface area contributed by atoms with Gasteiger partial charge in [0.2, 0.25) is 0 Å². The number of ether oxygens (including phenoxy) is 1. The average molecular weight is 407 g/mol. The number of esters is 1. The van der Waals surface area contributed by atoms with Crippen molar-refractivity contribution in [1.29, 1.82) is 0 Å². The Morgan fingerprint density at radius 3 is 2.64 bits per heavy atom. The number of anilines is 1. The first-order chi connectivity index (χ1) is 13.4. The van der Waals surface area contributed by atoms with Gasteiger partial charge >= 0.3 is 5.97 Å². The molecule has 0 saturated carbocycles. The highest BCUT2D eigenvalue weighted by Gasteiger charge is 2.25. The zero-order valence-corrected chi connectivity index (χ0v) is 15.2. The number of benzene rings is 2. The number of hydrogen-bond acceptors (Lipinski definition) is 5. The SMILES string of the molecule is Cc1onc(-c2ccccc2Cl)c1C(=O)OCC(=O)Nc1ccc(F)c(F)c1. The standard InChI is InChI=1S/C19H13ClF2N2O4/c1-10-17(18(24-28-10)12-4-2-3-5-13(12)20)19(26)27-9-16(25)23-11-6-7-14(21)15(22)8-11/h2-8H,9H2,1H3,(H,23,25). The fourth-order valence-electron chi connectivity index (χ4n) is 2.42. The second kappa shape index (κ2) is 8.18. The van der Waals surface area contributed by atoms with Crippen LogP contribution in [0.5, 0.6) is 0 Å². The van der Waals surface area contributed by atoms with E-state index >= 15 is 0 Å². The first-order valence-corrected chi connectivity index (χ1v) is 8.38. The van der Waals surface area contributed by atoms with Crippen LogP contribution in [-0.2, 0) is 9.53 Å². The Bertz CT molecular complexity index is 1050. The van der Waals surface area contributed by atoms with E-state index in [1.807, 2.05) is 0 Å². The van der Waals surface area contributed by atoms with Crippen molar-refractivity contribution in [2.45, 2.75) is 6.92 Å². The molecule has 0 atom stereocenters. The molecule has 0 fully saturated rings. The highest BCUT2D eigenvalue weighted by molar-refractivity contribution is 6.33. The van der Waals surface area contributed by atoms with Gasteiger partial charge in [0.25, 0.3) is 5.91 Å². The van der Waals surface area contributed by atoms with Crippen LogP contribution in [0.25, 0.3) is 11.3 Å². The fourth-order valence-corrected chi connectivity index (χ4v) is 2.65. The number of nitrogens with zero attached hydrogens (tertiary/aromatic N) is 1. The minimum absolute atomic E-state index is 0.0258. The third-order valence-corrected chi connectivity index (χ3v) is 4.06. The molecule has 1 aromatic heterocycles. The monoisotopic (exact) mass is 406 g/mol. The molecule has 0 aliphatic rings. The summed E-state index contributed by atoms with van der Waals surface area (Å²) in [7, 11) is 0. The summed E-state index contributed by atoms with van der Waals surface area (Å²) in [6, 6.07) is 9.59. The van der Waals surface area contributed by atoms with Crippen molar-refractivity contribution in [2.24, 2.45) is 0 Å². The number of amides is 1.